The largest absolute Gasteiger partial charge is 0.338 e. The molecule has 0 radical (unpaired) electrons. The number of nitrogens with one attached hydrogen (secondary N) is 3. The second kappa shape index (κ2) is 8.03. The Labute approximate surface area is 146 Å². The molecule has 0 saturated heterocycles. The van der Waals surface area contributed by atoms with Crippen molar-refractivity contribution < 1.29 is 13.2 Å². The fourth-order valence-corrected chi connectivity index (χ4v) is 2.82. The van der Waals surface area contributed by atoms with E-state index in [1.807, 2.05) is 24.3 Å². The molecular weight excluding hydrogens is 350 g/mol. The summed E-state index contributed by atoms with van der Waals surface area (Å²) in [5.41, 5.74) is 1.96. The van der Waals surface area contributed by atoms with Crippen LogP contribution in [-0.2, 0) is 16.4 Å². The molecule has 0 heterocycles. The standard InChI is InChI=1S/C16H18ClN3O3S/c1-24(22,23)20-14-8-6-13(7-9-14)19-16(21)18-11-10-12-4-2-3-5-15(12)17/h2-9,20H,10-11H2,1H3,(H2,18,19,21). The Morgan fingerprint density at radius 3 is 2.29 bits per heavy atom. The molecule has 6 nitrogen and oxygen atoms in total. The van der Waals surface area contributed by atoms with Crippen molar-refractivity contribution in [3.63, 3.8) is 0 Å². The third-order valence-electron chi connectivity index (χ3n) is 3.08. The zero-order chi connectivity index (χ0) is 17.6. The molecule has 0 aromatic heterocycles. The zero-order valence-electron chi connectivity index (χ0n) is 13.0. The summed E-state index contributed by atoms with van der Waals surface area (Å²) in [6.07, 6.45) is 1.70. The molecule has 128 valence electrons. The molecule has 2 aromatic carbocycles. The fourth-order valence-electron chi connectivity index (χ4n) is 2.02. The molecule has 0 spiro atoms. The summed E-state index contributed by atoms with van der Waals surface area (Å²) < 4.78 is 24.6. The summed E-state index contributed by atoms with van der Waals surface area (Å²) in [6.45, 7) is 0.448. The lowest BCUT2D eigenvalue weighted by Gasteiger charge is -2.09. The minimum atomic E-state index is -3.32. The maximum absolute atomic E-state index is 11.8. The molecule has 0 aliphatic rings. The van der Waals surface area contributed by atoms with Crippen LogP contribution >= 0.6 is 11.6 Å². The molecule has 0 aliphatic heterocycles. The van der Waals surface area contributed by atoms with Gasteiger partial charge in [-0.1, -0.05) is 29.8 Å². The van der Waals surface area contributed by atoms with Gasteiger partial charge in [0, 0.05) is 22.9 Å². The van der Waals surface area contributed by atoms with E-state index in [9.17, 15) is 13.2 Å². The molecule has 2 rings (SSSR count). The van der Waals surface area contributed by atoms with Crippen molar-refractivity contribution in [1.29, 1.82) is 0 Å². The van der Waals surface area contributed by atoms with Gasteiger partial charge in [-0.25, -0.2) is 13.2 Å². The van der Waals surface area contributed by atoms with Gasteiger partial charge in [0.15, 0.2) is 0 Å². The van der Waals surface area contributed by atoms with Gasteiger partial charge in [0.25, 0.3) is 0 Å². The quantitative estimate of drug-likeness (QED) is 0.733. The van der Waals surface area contributed by atoms with Crippen molar-refractivity contribution >= 4 is 39.0 Å². The first-order chi connectivity index (χ1) is 11.3. The van der Waals surface area contributed by atoms with Crippen LogP contribution in [0, 0.1) is 0 Å². The zero-order valence-corrected chi connectivity index (χ0v) is 14.6. The van der Waals surface area contributed by atoms with E-state index in [1.54, 1.807) is 24.3 Å². The summed E-state index contributed by atoms with van der Waals surface area (Å²) in [5, 5.41) is 6.09. The fraction of sp³-hybridized carbons (Fsp3) is 0.188. The lowest BCUT2D eigenvalue weighted by atomic mass is 10.1. The number of carbonyl (C=O) groups excluding carboxylic acids is 1. The van der Waals surface area contributed by atoms with E-state index >= 15 is 0 Å². The van der Waals surface area contributed by atoms with Gasteiger partial charge >= 0.3 is 6.03 Å². The first kappa shape index (κ1) is 18.1. The normalized spacial score (nSPS) is 10.9. The number of anilines is 2. The molecule has 0 saturated carbocycles. The summed E-state index contributed by atoms with van der Waals surface area (Å²) >= 11 is 6.05. The van der Waals surface area contributed by atoms with E-state index in [1.165, 1.54) is 0 Å². The molecule has 8 heteroatoms. The molecule has 0 bridgehead atoms. The van der Waals surface area contributed by atoms with Gasteiger partial charge in [0.2, 0.25) is 10.0 Å². The van der Waals surface area contributed by atoms with E-state index in [-0.39, 0.29) is 6.03 Å². The molecule has 0 aliphatic carbocycles. The van der Waals surface area contributed by atoms with Crippen LogP contribution in [0.15, 0.2) is 48.5 Å². The number of amides is 2. The molecule has 0 fully saturated rings. The third kappa shape index (κ3) is 6.10. The number of benzene rings is 2. The topological polar surface area (TPSA) is 87.3 Å². The SMILES string of the molecule is CS(=O)(=O)Nc1ccc(NC(=O)NCCc2ccccc2Cl)cc1. The first-order valence-electron chi connectivity index (χ1n) is 7.19. The summed E-state index contributed by atoms with van der Waals surface area (Å²) in [4.78, 5) is 11.8. The Hall–Kier alpha value is -2.25. The predicted octanol–water partition coefficient (Wildman–Crippen LogP) is 3.08. The number of rotatable bonds is 6. The van der Waals surface area contributed by atoms with E-state index in [0.717, 1.165) is 11.8 Å². The second-order valence-electron chi connectivity index (χ2n) is 5.17. The smallest absolute Gasteiger partial charge is 0.319 e. The van der Waals surface area contributed by atoms with Crippen molar-refractivity contribution in [2.45, 2.75) is 6.42 Å². The highest BCUT2D eigenvalue weighted by atomic mass is 35.5. The Morgan fingerprint density at radius 1 is 1.04 bits per heavy atom. The maximum Gasteiger partial charge on any atom is 0.319 e. The Bertz CT molecular complexity index is 808. The average molecular weight is 368 g/mol. The van der Waals surface area contributed by atoms with Crippen molar-refractivity contribution in [2.24, 2.45) is 0 Å². The highest BCUT2D eigenvalue weighted by Gasteiger charge is 2.05. The monoisotopic (exact) mass is 367 g/mol. The van der Waals surface area contributed by atoms with Crippen molar-refractivity contribution in [1.82, 2.24) is 5.32 Å². The maximum atomic E-state index is 11.8. The van der Waals surface area contributed by atoms with Gasteiger partial charge in [0.1, 0.15) is 0 Å². The van der Waals surface area contributed by atoms with E-state index in [4.69, 9.17) is 11.6 Å². The van der Waals surface area contributed by atoms with Crippen LogP contribution in [0.3, 0.4) is 0 Å². The van der Waals surface area contributed by atoms with Crippen molar-refractivity contribution in [3.05, 3.63) is 59.1 Å². The second-order valence-corrected chi connectivity index (χ2v) is 7.33. The van der Waals surface area contributed by atoms with Gasteiger partial charge in [0.05, 0.1) is 6.26 Å². The Kier molecular flexibility index (Phi) is 6.05. The van der Waals surface area contributed by atoms with E-state index in [2.05, 4.69) is 15.4 Å². The van der Waals surface area contributed by atoms with Crippen LogP contribution in [0.1, 0.15) is 5.56 Å². The lowest BCUT2D eigenvalue weighted by Crippen LogP contribution is -2.30. The van der Waals surface area contributed by atoms with E-state index < -0.39 is 10.0 Å². The molecule has 0 atom stereocenters. The van der Waals surface area contributed by atoms with Gasteiger partial charge in [-0.2, -0.15) is 0 Å². The van der Waals surface area contributed by atoms with Gasteiger partial charge in [-0.05, 0) is 42.3 Å². The number of sulfonamides is 1. The Morgan fingerprint density at radius 2 is 1.67 bits per heavy atom. The third-order valence-corrected chi connectivity index (χ3v) is 4.06. The molecule has 24 heavy (non-hydrogen) atoms. The van der Waals surface area contributed by atoms with Crippen LogP contribution in [-0.4, -0.2) is 27.2 Å². The van der Waals surface area contributed by atoms with Crippen molar-refractivity contribution in [2.75, 3.05) is 22.8 Å². The number of urea groups is 1. The Balaban J connectivity index is 1.81. The lowest BCUT2D eigenvalue weighted by molar-refractivity contribution is 0.252. The highest BCUT2D eigenvalue weighted by molar-refractivity contribution is 7.92. The number of hydrogen-bond donors (Lipinski definition) is 3. The van der Waals surface area contributed by atoms with Crippen molar-refractivity contribution in [3.8, 4) is 0 Å². The summed E-state index contributed by atoms with van der Waals surface area (Å²) in [5.74, 6) is 0. The molecule has 3 N–H and O–H groups in total. The molecular formula is C16H18ClN3O3S. The number of hydrogen-bond acceptors (Lipinski definition) is 3. The molecule has 2 aromatic rings. The number of carbonyl (C=O) groups is 1. The predicted molar refractivity (Wildman–Crippen MR) is 97.1 cm³/mol. The van der Waals surface area contributed by atoms with Gasteiger partial charge < -0.3 is 10.6 Å². The van der Waals surface area contributed by atoms with E-state index in [0.29, 0.717) is 29.4 Å². The minimum Gasteiger partial charge on any atom is -0.338 e. The first-order valence-corrected chi connectivity index (χ1v) is 9.46. The minimum absolute atomic E-state index is 0.342. The van der Waals surface area contributed by atoms with Crippen LogP contribution in [0.4, 0.5) is 16.2 Å². The van der Waals surface area contributed by atoms with Gasteiger partial charge in [-0.15, -0.1) is 0 Å². The average Bonchev–Trinajstić information content (AvgIpc) is 2.50. The summed E-state index contributed by atoms with van der Waals surface area (Å²) in [6, 6.07) is 13.5. The number of halogens is 1. The molecule has 0 unspecified atom stereocenters. The van der Waals surface area contributed by atoms with Crippen LogP contribution in [0.2, 0.25) is 5.02 Å². The molecule has 2 amide bonds. The van der Waals surface area contributed by atoms with Gasteiger partial charge in [-0.3, -0.25) is 4.72 Å². The van der Waals surface area contributed by atoms with Crippen LogP contribution < -0.4 is 15.4 Å². The summed E-state index contributed by atoms with van der Waals surface area (Å²) in [7, 11) is -3.32. The van der Waals surface area contributed by atoms with Crippen LogP contribution in [0.25, 0.3) is 0 Å². The highest BCUT2D eigenvalue weighted by Crippen LogP contribution is 2.15. The van der Waals surface area contributed by atoms with Crippen LogP contribution in [0.5, 0.6) is 0 Å².